The van der Waals surface area contributed by atoms with Crippen LogP contribution in [0.2, 0.25) is 10.0 Å². The Kier molecular flexibility index (Phi) is 6.78. The van der Waals surface area contributed by atoms with Gasteiger partial charge in [0.1, 0.15) is 0 Å². The van der Waals surface area contributed by atoms with E-state index in [1.54, 1.807) is 6.07 Å². The van der Waals surface area contributed by atoms with Crippen molar-refractivity contribution < 1.29 is 0 Å². The van der Waals surface area contributed by atoms with E-state index in [9.17, 15) is 0 Å². The molecule has 0 amide bonds. The zero-order valence-electron chi connectivity index (χ0n) is 7.39. The van der Waals surface area contributed by atoms with E-state index < -0.39 is 0 Å². The second kappa shape index (κ2) is 6.98. The molecule has 0 saturated carbocycles. The van der Waals surface area contributed by atoms with Crippen LogP contribution in [0.3, 0.4) is 0 Å². The number of hydrogen-bond donors (Lipinski definition) is 1. The van der Waals surface area contributed by atoms with Gasteiger partial charge in [-0.25, -0.2) is 0 Å². The minimum absolute atomic E-state index is 0. The monoisotopic (exact) mass is 249 g/mol. The van der Waals surface area contributed by atoms with Crippen LogP contribution in [0.4, 0.5) is 0 Å². The second-order valence-electron chi connectivity index (χ2n) is 2.52. The molecule has 1 N–H and O–H groups in total. The van der Waals surface area contributed by atoms with Crippen molar-refractivity contribution in [2.45, 2.75) is 6.54 Å². The summed E-state index contributed by atoms with van der Waals surface area (Å²) >= 11 is 11.8. The first-order chi connectivity index (χ1) is 6.25. The summed E-state index contributed by atoms with van der Waals surface area (Å²) in [6.07, 6.45) is 5.09. The first-order valence-electron chi connectivity index (χ1n) is 3.82. The molecule has 1 aromatic rings. The lowest BCUT2D eigenvalue weighted by Crippen LogP contribution is -2.13. The molecule has 0 fully saturated rings. The number of benzene rings is 1. The topological polar surface area (TPSA) is 12.0 Å². The maximum Gasteiger partial charge on any atom is 0.0637 e. The standard InChI is InChI=1S/C10H9Cl2N.ClH/c1-2-6-13-7-8-4-3-5-9(11)10(8)12;/h1,3-5,13H,6-7H2;1H. The molecule has 14 heavy (non-hydrogen) atoms. The first kappa shape index (κ1) is 13.6. The van der Waals surface area contributed by atoms with Crippen molar-refractivity contribution in [2.75, 3.05) is 6.54 Å². The van der Waals surface area contributed by atoms with Crippen molar-refractivity contribution in [3.05, 3.63) is 33.8 Å². The van der Waals surface area contributed by atoms with Crippen LogP contribution in [-0.4, -0.2) is 6.54 Å². The van der Waals surface area contributed by atoms with Gasteiger partial charge in [0, 0.05) is 6.54 Å². The fraction of sp³-hybridized carbons (Fsp3) is 0.200. The van der Waals surface area contributed by atoms with Crippen LogP contribution >= 0.6 is 35.6 Å². The SMILES string of the molecule is C#CCNCc1cccc(Cl)c1Cl.Cl. The highest BCUT2D eigenvalue weighted by Crippen LogP contribution is 2.25. The van der Waals surface area contributed by atoms with Crippen LogP contribution in [0.25, 0.3) is 0 Å². The van der Waals surface area contributed by atoms with Gasteiger partial charge in [0.05, 0.1) is 16.6 Å². The number of rotatable bonds is 3. The molecule has 0 radical (unpaired) electrons. The van der Waals surface area contributed by atoms with E-state index >= 15 is 0 Å². The summed E-state index contributed by atoms with van der Waals surface area (Å²) in [5.74, 6) is 2.48. The Morgan fingerprint density at radius 1 is 1.36 bits per heavy atom. The molecule has 1 aromatic carbocycles. The van der Waals surface area contributed by atoms with Crippen molar-refractivity contribution in [2.24, 2.45) is 0 Å². The van der Waals surface area contributed by atoms with E-state index in [-0.39, 0.29) is 12.4 Å². The molecule has 0 aliphatic carbocycles. The van der Waals surface area contributed by atoms with E-state index in [4.69, 9.17) is 29.6 Å². The van der Waals surface area contributed by atoms with E-state index in [0.29, 0.717) is 23.1 Å². The lowest BCUT2D eigenvalue weighted by molar-refractivity contribution is 0.770. The van der Waals surface area contributed by atoms with E-state index in [2.05, 4.69) is 11.2 Å². The normalized spacial score (nSPS) is 8.93. The molecular formula is C10H10Cl3N. The van der Waals surface area contributed by atoms with Crippen LogP contribution in [0.5, 0.6) is 0 Å². The first-order valence-corrected chi connectivity index (χ1v) is 4.58. The highest BCUT2D eigenvalue weighted by Gasteiger charge is 2.02. The molecule has 1 nitrogen and oxygen atoms in total. The van der Waals surface area contributed by atoms with Crippen molar-refractivity contribution in [3.63, 3.8) is 0 Å². The van der Waals surface area contributed by atoms with Crippen LogP contribution in [0, 0.1) is 12.3 Å². The Hall–Kier alpha value is -0.390. The predicted molar refractivity (Wildman–Crippen MR) is 64.2 cm³/mol. The Labute approximate surface area is 100 Å². The third-order valence-corrected chi connectivity index (χ3v) is 2.43. The number of terminal acetylenes is 1. The van der Waals surface area contributed by atoms with Crippen LogP contribution < -0.4 is 5.32 Å². The van der Waals surface area contributed by atoms with E-state index in [1.807, 2.05) is 12.1 Å². The summed E-state index contributed by atoms with van der Waals surface area (Å²) in [5.41, 5.74) is 0.962. The van der Waals surface area contributed by atoms with Gasteiger partial charge in [-0.1, -0.05) is 41.3 Å². The fourth-order valence-electron chi connectivity index (χ4n) is 0.954. The van der Waals surface area contributed by atoms with Gasteiger partial charge in [-0.3, -0.25) is 0 Å². The largest absolute Gasteiger partial charge is 0.302 e. The van der Waals surface area contributed by atoms with Crippen molar-refractivity contribution >= 4 is 35.6 Å². The number of halogens is 3. The van der Waals surface area contributed by atoms with Gasteiger partial charge in [-0.2, -0.15) is 0 Å². The minimum Gasteiger partial charge on any atom is -0.302 e. The number of nitrogens with one attached hydrogen (secondary N) is 1. The molecule has 76 valence electrons. The Bertz CT molecular complexity index is 331. The Morgan fingerprint density at radius 2 is 2.07 bits per heavy atom. The molecular weight excluding hydrogens is 240 g/mol. The van der Waals surface area contributed by atoms with Crippen LogP contribution in [-0.2, 0) is 6.54 Å². The third-order valence-electron chi connectivity index (χ3n) is 1.57. The van der Waals surface area contributed by atoms with Gasteiger partial charge < -0.3 is 5.32 Å². The summed E-state index contributed by atoms with van der Waals surface area (Å²) in [6, 6.07) is 5.54. The summed E-state index contributed by atoms with van der Waals surface area (Å²) in [6.45, 7) is 1.17. The number of hydrogen-bond acceptors (Lipinski definition) is 1. The fourth-order valence-corrected chi connectivity index (χ4v) is 1.34. The van der Waals surface area contributed by atoms with Crippen molar-refractivity contribution in [1.29, 1.82) is 0 Å². The molecule has 0 aromatic heterocycles. The van der Waals surface area contributed by atoms with Gasteiger partial charge in [0.25, 0.3) is 0 Å². The van der Waals surface area contributed by atoms with Gasteiger partial charge in [-0.15, -0.1) is 18.8 Å². The lowest BCUT2D eigenvalue weighted by atomic mass is 10.2. The minimum atomic E-state index is 0. The average Bonchev–Trinajstić information content (AvgIpc) is 2.13. The summed E-state index contributed by atoms with van der Waals surface area (Å²) in [7, 11) is 0. The maximum atomic E-state index is 5.95. The summed E-state index contributed by atoms with van der Waals surface area (Å²) < 4.78 is 0. The van der Waals surface area contributed by atoms with Crippen LogP contribution in [0.1, 0.15) is 5.56 Å². The Balaban J connectivity index is 0.00000169. The quantitative estimate of drug-likeness (QED) is 0.642. The summed E-state index contributed by atoms with van der Waals surface area (Å²) in [5, 5.41) is 4.20. The molecule has 0 saturated heterocycles. The van der Waals surface area contributed by atoms with Gasteiger partial charge in [0.2, 0.25) is 0 Å². The van der Waals surface area contributed by atoms with E-state index in [0.717, 1.165) is 5.56 Å². The van der Waals surface area contributed by atoms with Crippen molar-refractivity contribution in [3.8, 4) is 12.3 Å². The second-order valence-corrected chi connectivity index (χ2v) is 3.31. The molecule has 0 bridgehead atoms. The average molecular weight is 251 g/mol. The molecule has 0 unspecified atom stereocenters. The van der Waals surface area contributed by atoms with Crippen LogP contribution in [0.15, 0.2) is 18.2 Å². The highest BCUT2D eigenvalue weighted by molar-refractivity contribution is 6.42. The van der Waals surface area contributed by atoms with Gasteiger partial charge >= 0.3 is 0 Å². The van der Waals surface area contributed by atoms with E-state index in [1.165, 1.54) is 0 Å². The molecule has 1 rings (SSSR count). The molecule has 0 atom stereocenters. The maximum absolute atomic E-state index is 5.95. The van der Waals surface area contributed by atoms with Gasteiger partial charge in [-0.05, 0) is 11.6 Å². The smallest absolute Gasteiger partial charge is 0.0637 e. The summed E-state index contributed by atoms with van der Waals surface area (Å²) in [4.78, 5) is 0. The molecule has 0 aliphatic heterocycles. The lowest BCUT2D eigenvalue weighted by Gasteiger charge is -2.04. The third kappa shape index (κ3) is 3.77. The van der Waals surface area contributed by atoms with Crippen molar-refractivity contribution in [1.82, 2.24) is 5.32 Å². The molecule has 0 heterocycles. The highest BCUT2D eigenvalue weighted by atomic mass is 35.5. The Morgan fingerprint density at radius 3 is 2.71 bits per heavy atom. The zero-order chi connectivity index (χ0) is 9.68. The molecule has 4 heteroatoms. The van der Waals surface area contributed by atoms with Gasteiger partial charge in [0.15, 0.2) is 0 Å². The molecule has 0 aliphatic rings. The zero-order valence-corrected chi connectivity index (χ0v) is 9.72. The molecule has 0 spiro atoms. The predicted octanol–water partition coefficient (Wildman–Crippen LogP) is 3.14.